The van der Waals surface area contributed by atoms with Crippen LogP contribution in [0.25, 0.3) is 0 Å². The predicted molar refractivity (Wildman–Crippen MR) is 118 cm³/mol. The molecule has 0 atom stereocenters. The molecule has 8 nitrogen and oxygen atoms in total. The van der Waals surface area contributed by atoms with Crippen molar-refractivity contribution >= 4 is 23.9 Å². The van der Waals surface area contributed by atoms with Gasteiger partial charge in [-0.1, -0.05) is 51.4 Å². The molecule has 188 valence electrons. The van der Waals surface area contributed by atoms with E-state index in [2.05, 4.69) is 0 Å². The summed E-state index contributed by atoms with van der Waals surface area (Å²) in [4.78, 5) is 40.8. The number of hydrogen-bond donors (Lipinski definition) is 4. The number of aliphatic carboxylic acids is 4. The fourth-order valence-electron chi connectivity index (χ4n) is 4.69. The Labute approximate surface area is 211 Å². The molecule has 4 rings (SSSR count). The molecule has 4 N–H and O–H groups in total. The van der Waals surface area contributed by atoms with Crippen molar-refractivity contribution in [1.82, 2.24) is 0 Å². The zero-order valence-corrected chi connectivity index (χ0v) is 21.1. The third-order valence-electron chi connectivity index (χ3n) is 6.82. The predicted octanol–water partition coefficient (Wildman–Crippen LogP) is 5.04. The van der Waals surface area contributed by atoms with Crippen molar-refractivity contribution < 1.29 is 61.3 Å². The zero-order chi connectivity index (χ0) is 23.9. The zero-order valence-electron chi connectivity index (χ0n) is 19.5. The Hall–Kier alpha value is -1.41. The van der Waals surface area contributed by atoms with Gasteiger partial charge in [0.2, 0.25) is 0 Å². The summed E-state index contributed by atoms with van der Waals surface area (Å²) in [6.45, 7) is 0. The second kappa shape index (κ2) is 18.0. The first-order valence-electron chi connectivity index (χ1n) is 12.1. The van der Waals surface area contributed by atoms with Gasteiger partial charge in [0.25, 0.3) is 0 Å². The van der Waals surface area contributed by atoms with E-state index in [9.17, 15) is 19.2 Å². The van der Waals surface area contributed by atoms with Crippen LogP contribution in [-0.2, 0) is 40.9 Å². The van der Waals surface area contributed by atoms with E-state index in [-0.39, 0.29) is 45.4 Å². The van der Waals surface area contributed by atoms with Crippen LogP contribution in [0.5, 0.6) is 0 Å². The minimum atomic E-state index is -0.609. The van der Waals surface area contributed by atoms with Crippen LogP contribution in [0.15, 0.2) is 0 Å². The molecule has 4 fully saturated rings. The fourth-order valence-corrected chi connectivity index (χ4v) is 4.69. The van der Waals surface area contributed by atoms with Gasteiger partial charge in [-0.15, -0.1) is 0 Å². The van der Waals surface area contributed by atoms with Crippen LogP contribution < -0.4 is 0 Å². The van der Waals surface area contributed by atoms with Gasteiger partial charge in [0, 0.05) is 21.7 Å². The molecule has 9 heteroatoms. The third-order valence-corrected chi connectivity index (χ3v) is 6.82. The second-order valence-corrected chi connectivity index (χ2v) is 9.28. The molecule has 4 aliphatic carbocycles. The number of rotatable bonds is 4. The molecule has 0 aliphatic heterocycles. The molecule has 0 spiro atoms. The van der Waals surface area contributed by atoms with E-state index in [4.69, 9.17) is 20.4 Å². The van der Waals surface area contributed by atoms with Gasteiger partial charge in [-0.3, -0.25) is 19.2 Å². The Morgan fingerprint density at radius 2 is 0.485 bits per heavy atom. The Morgan fingerprint density at radius 3 is 0.545 bits per heavy atom. The van der Waals surface area contributed by atoms with Crippen LogP contribution in [0.1, 0.15) is 103 Å². The van der Waals surface area contributed by atoms with E-state index in [1.165, 1.54) is 0 Å². The van der Waals surface area contributed by atoms with Crippen LogP contribution in [0, 0.1) is 23.7 Å². The van der Waals surface area contributed by atoms with Crippen molar-refractivity contribution in [3.63, 3.8) is 0 Å². The molecule has 0 bridgehead atoms. The number of carboxylic acids is 4. The Morgan fingerprint density at radius 1 is 0.364 bits per heavy atom. The Kier molecular flexibility index (Phi) is 17.2. The van der Waals surface area contributed by atoms with Gasteiger partial charge >= 0.3 is 23.9 Å². The Bertz CT molecular complexity index is 481. The summed E-state index contributed by atoms with van der Waals surface area (Å²) < 4.78 is 0. The SMILES string of the molecule is O=C(O)C1CCCC1.O=C(O)C1CCCC1.O=C(O)C1CCCC1.O=C(O)C1CCCC1.[Ti]. The van der Waals surface area contributed by atoms with Gasteiger partial charge in [-0.05, 0) is 51.4 Å². The quantitative estimate of drug-likeness (QED) is 0.389. The van der Waals surface area contributed by atoms with Crippen LogP contribution in [0.4, 0.5) is 0 Å². The standard InChI is InChI=1S/4C6H10O2.Ti/c4*7-6(8)5-3-1-2-4-5;/h4*5H,1-4H2,(H,7,8);. The molecule has 33 heavy (non-hydrogen) atoms. The van der Waals surface area contributed by atoms with Crippen molar-refractivity contribution in [3.05, 3.63) is 0 Å². The van der Waals surface area contributed by atoms with Crippen LogP contribution in [0.3, 0.4) is 0 Å². The van der Waals surface area contributed by atoms with Crippen molar-refractivity contribution in [3.8, 4) is 0 Å². The van der Waals surface area contributed by atoms with Crippen LogP contribution in [0.2, 0.25) is 0 Å². The van der Waals surface area contributed by atoms with Crippen molar-refractivity contribution in [1.29, 1.82) is 0 Å². The molecule has 0 aromatic carbocycles. The van der Waals surface area contributed by atoms with Crippen molar-refractivity contribution in [2.75, 3.05) is 0 Å². The minimum absolute atomic E-state index is 0. The summed E-state index contributed by atoms with van der Waals surface area (Å²) in [7, 11) is 0. The van der Waals surface area contributed by atoms with Gasteiger partial charge in [-0.25, -0.2) is 0 Å². The monoisotopic (exact) mass is 504 g/mol. The molecule has 0 unspecified atom stereocenters. The normalized spacial score (nSPS) is 20.8. The largest absolute Gasteiger partial charge is 0.481 e. The number of hydrogen-bond acceptors (Lipinski definition) is 4. The van der Waals surface area contributed by atoms with E-state index >= 15 is 0 Å². The van der Waals surface area contributed by atoms with Gasteiger partial charge in [0.15, 0.2) is 0 Å². The van der Waals surface area contributed by atoms with Gasteiger partial charge in [0.1, 0.15) is 0 Å². The molecule has 0 saturated heterocycles. The average molecular weight is 504 g/mol. The number of carboxylic acid groups (broad SMARTS) is 4. The van der Waals surface area contributed by atoms with E-state index < -0.39 is 23.9 Å². The van der Waals surface area contributed by atoms with Crippen LogP contribution >= 0.6 is 0 Å². The number of carbonyl (C=O) groups is 4. The second-order valence-electron chi connectivity index (χ2n) is 9.28. The van der Waals surface area contributed by atoms with E-state index in [1.54, 1.807) is 0 Å². The molecular weight excluding hydrogens is 464 g/mol. The molecule has 4 aliphatic rings. The molecule has 0 radical (unpaired) electrons. The summed E-state index contributed by atoms with van der Waals surface area (Å²) in [6.07, 6.45) is 16.1. The summed E-state index contributed by atoms with van der Waals surface area (Å²) in [5, 5.41) is 33.7. The molecule has 0 aromatic heterocycles. The summed E-state index contributed by atoms with van der Waals surface area (Å²) in [5.74, 6) is -2.51. The van der Waals surface area contributed by atoms with Gasteiger partial charge in [-0.2, -0.15) is 0 Å². The van der Waals surface area contributed by atoms with E-state index in [0.29, 0.717) is 0 Å². The first-order valence-corrected chi connectivity index (χ1v) is 12.1. The molecule has 0 aromatic rings. The van der Waals surface area contributed by atoms with E-state index in [0.717, 1.165) is 103 Å². The van der Waals surface area contributed by atoms with E-state index in [1.807, 2.05) is 0 Å². The minimum Gasteiger partial charge on any atom is -0.481 e. The van der Waals surface area contributed by atoms with Crippen LogP contribution in [-0.4, -0.2) is 44.3 Å². The first kappa shape index (κ1) is 31.6. The van der Waals surface area contributed by atoms with Gasteiger partial charge < -0.3 is 20.4 Å². The molecule has 0 amide bonds. The van der Waals surface area contributed by atoms with Gasteiger partial charge in [0.05, 0.1) is 23.7 Å². The topological polar surface area (TPSA) is 149 Å². The maximum atomic E-state index is 10.2. The Balaban J connectivity index is 0.000000410. The van der Waals surface area contributed by atoms with Crippen molar-refractivity contribution in [2.45, 2.75) is 103 Å². The maximum absolute atomic E-state index is 10.2. The summed E-state index contributed by atoms with van der Waals surface area (Å²) in [5.41, 5.74) is 0. The maximum Gasteiger partial charge on any atom is 0.306 e. The van der Waals surface area contributed by atoms with Crippen molar-refractivity contribution in [2.24, 2.45) is 23.7 Å². The summed E-state index contributed by atoms with van der Waals surface area (Å²) in [6, 6.07) is 0. The molecular formula is C24H40O8Ti. The fraction of sp³-hybridized carbons (Fsp3) is 0.833. The first-order chi connectivity index (χ1) is 15.2. The summed E-state index contributed by atoms with van der Waals surface area (Å²) >= 11 is 0. The molecule has 0 heterocycles. The molecule has 4 saturated carbocycles. The third kappa shape index (κ3) is 13.8. The average Bonchev–Trinajstić information content (AvgIpc) is 3.56. The smallest absolute Gasteiger partial charge is 0.306 e.